The molecule has 0 bridgehead atoms. The Morgan fingerprint density at radius 3 is 2.24 bits per heavy atom. The van der Waals surface area contributed by atoms with E-state index in [2.05, 4.69) is 24.6 Å². The van der Waals surface area contributed by atoms with Gasteiger partial charge in [-0.15, -0.1) is 0 Å². The molecular weight excluding hydrogens is 230 g/mol. The molecule has 0 aliphatic carbocycles. The fraction of sp³-hybridized carbons (Fsp3) is 0.308. The average molecular weight is 247 g/mol. The van der Waals surface area contributed by atoms with Gasteiger partial charge in [0.2, 0.25) is 0 Å². The van der Waals surface area contributed by atoms with Crippen molar-refractivity contribution in [3.05, 3.63) is 30.5 Å². The van der Waals surface area contributed by atoms with Gasteiger partial charge in [0, 0.05) is 5.56 Å². The highest BCUT2D eigenvalue weighted by Gasteiger charge is 2.23. The predicted octanol–water partition coefficient (Wildman–Crippen LogP) is 2.90. The van der Waals surface area contributed by atoms with Crippen molar-refractivity contribution in [3.8, 4) is 17.1 Å². The van der Waals surface area contributed by atoms with Crippen LogP contribution in [0.1, 0.15) is 0 Å². The number of rotatable bonds is 3. The molecule has 0 atom stereocenters. The Kier molecular flexibility index (Phi) is 3.06. The summed E-state index contributed by atoms with van der Waals surface area (Å²) in [5, 5.41) is 0. The smallest absolute Gasteiger partial charge is 0.166 e. The highest BCUT2D eigenvalue weighted by Crippen LogP contribution is 2.21. The Bertz CT molecular complexity index is 497. The molecule has 0 unspecified atom stereocenters. The first-order valence-electron chi connectivity index (χ1n) is 5.61. The molecule has 3 nitrogen and oxygen atoms in total. The number of hydrogen-bond donors (Lipinski definition) is 0. The summed E-state index contributed by atoms with van der Waals surface area (Å²) in [6.45, 7) is 6.66. The van der Waals surface area contributed by atoms with Crippen molar-refractivity contribution in [1.29, 1.82) is 0 Å². The van der Waals surface area contributed by atoms with Crippen LogP contribution >= 0.6 is 0 Å². The average Bonchev–Trinajstić information content (AvgIpc) is 2.78. The van der Waals surface area contributed by atoms with Crippen molar-refractivity contribution in [2.75, 3.05) is 7.11 Å². The summed E-state index contributed by atoms with van der Waals surface area (Å²) in [6.07, 6.45) is 1.80. The molecule has 0 fully saturated rings. The molecule has 0 radical (unpaired) electrons. The minimum atomic E-state index is -1.47. The van der Waals surface area contributed by atoms with Crippen molar-refractivity contribution in [2.45, 2.75) is 19.6 Å². The van der Waals surface area contributed by atoms with E-state index < -0.39 is 8.07 Å². The predicted molar refractivity (Wildman–Crippen MR) is 71.5 cm³/mol. The number of oxazole rings is 1. The maximum Gasteiger partial charge on any atom is 0.166 e. The first kappa shape index (κ1) is 11.9. The molecule has 0 N–H and O–H groups in total. The topological polar surface area (TPSA) is 35.3 Å². The molecule has 90 valence electrons. The van der Waals surface area contributed by atoms with Crippen LogP contribution in [-0.4, -0.2) is 20.2 Å². The van der Waals surface area contributed by atoms with E-state index in [1.54, 1.807) is 13.3 Å². The monoisotopic (exact) mass is 247 g/mol. The molecule has 1 aromatic heterocycles. The molecule has 0 spiro atoms. The van der Waals surface area contributed by atoms with Crippen LogP contribution in [0, 0.1) is 0 Å². The summed E-state index contributed by atoms with van der Waals surface area (Å²) in [4.78, 5) is 4.37. The summed E-state index contributed by atoms with van der Waals surface area (Å²) >= 11 is 0. The third-order valence-corrected chi connectivity index (χ3v) is 4.04. The summed E-state index contributed by atoms with van der Waals surface area (Å²) < 4.78 is 10.9. The lowest BCUT2D eigenvalue weighted by atomic mass is 10.2. The van der Waals surface area contributed by atoms with Gasteiger partial charge in [0.05, 0.1) is 13.3 Å². The van der Waals surface area contributed by atoms with Crippen LogP contribution in [0.4, 0.5) is 0 Å². The third kappa shape index (κ3) is 2.58. The number of hydrogen-bond acceptors (Lipinski definition) is 3. The highest BCUT2D eigenvalue weighted by molar-refractivity contribution is 6.87. The van der Waals surface area contributed by atoms with Crippen LogP contribution in [0.3, 0.4) is 0 Å². The Morgan fingerprint density at radius 2 is 1.76 bits per heavy atom. The van der Waals surface area contributed by atoms with E-state index in [4.69, 9.17) is 9.15 Å². The van der Waals surface area contributed by atoms with Gasteiger partial charge in [-0.1, -0.05) is 19.6 Å². The van der Waals surface area contributed by atoms with E-state index in [1.807, 2.05) is 24.3 Å². The third-order valence-electron chi connectivity index (χ3n) is 2.52. The maximum atomic E-state index is 5.82. The second kappa shape index (κ2) is 4.37. The zero-order chi connectivity index (χ0) is 12.5. The first-order chi connectivity index (χ1) is 8.00. The Morgan fingerprint density at radius 1 is 1.12 bits per heavy atom. The van der Waals surface area contributed by atoms with Crippen molar-refractivity contribution in [3.63, 3.8) is 0 Å². The van der Waals surface area contributed by atoms with Gasteiger partial charge in [-0.25, -0.2) is 4.98 Å². The molecule has 0 aliphatic heterocycles. The number of nitrogens with zero attached hydrogens (tertiary/aromatic N) is 1. The fourth-order valence-corrected chi connectivity index (χ4v) is 2.38. The van der Waals surface area contributed by atoms with E-state index in [9.17, 15) is 0 Å². The lowest BCUT2D eigenvalue weighted by Gasteiger charge is -2.09. The Labute approximate surface area is 102 Å². The normalized spacial score (nSPS) is 11.5. The molecule has 0 aliphatic rings. The number of ether oxygens (including phenoxy) is 1. The van der Waals surface area contributed by atoms with Crippen molar-refractivity contribution in [2.24, 2.45) is 0 Å². The van der Waals surface area contributed by atoms with Crippen LogP contribution in [0.2, 0.25) is 19.6 Å². The second-order valence-electron chi connectivity index (χ2n) is 5.01. The van der Waals surface area contributed by atoms with Gasteiger partial charge in [-0.2, -0.15) is 0 Å². The minimum Gasteiger partial charge on any atom is -0.497 e. The molecule has 2 aromatic rings. The lowest BCUT2D eigenvalue weighted by molar-refractivity contribution is 0.415. The Balaban J connectivity index is 2.30. The lowest BCUT2D eigenvalue weighted by Crippen LogP contribution is -2.38. The number of benzene rings is 1. The van der Waals surface area contributed by atoms with E-state index in [-0.39, 0.29) is 0 Å². The van der Waals surface area contributed by atoms with Crippen molar-refractivity contribution >= 4 is 13.6 Å². The van der Waals surface area contributed by atoms with Gasteiger partial charge in [0.1, 0.15) is 13.8 Å². The van der Waals surface area contributed by atoms with Gasteiger partial charge in [-0.05, 0) is 24.3 Å². The van der Waals surface area contributed by atoms with Gasteiger partial charge < -0.3 is 9.15 Å². The van der Waals surface area contributed by atoms with E-state index in [1.165, 1.54) is 0 Å². The quantitative estimate of drug-likeness (QED) is 0.782. The second-order valence-corrected chi connectivity index (χ2v) is 9.94. The zero-order valence-corrected chi connectivity index (χ0v) is 11.7. The molecule has 0 saturated carbocycles. The van der Waals surface area contributed by atoms with Crippen LogP contribution in [0.15, 0.2) is 34.9 Å². The summed E-state index contributed by atoms with van der Waals surface area (Å²) in [5.74, 6) is 1.67. The molecule has 2 rings (SSSR count). The van der Waals surface area contributed by atoms with E-state index in [0.717, 1.165) is 22.6 Å². The summed E-state index contributed by atoms with van der Waals surface area (Å²) in [5.41, 5.74) is 1.92. The number of methoxy groups -OCH3 is 1. The molecule has 1 heterocycles. The molecule has 4 heteroatoms. The molecule has 1 aromatic carbocycles. The SMILES string of the molecule is COc1ccc(-c2cnc([Si](C)(C)C)o2)cc1. The summed E-state index contributed by atoms with van der Waals surface area (Å²) in [6, 6.07) is 7.80. The van der Waals surface area contributed by atoms with Gasteiger partial charge in [0.25, 0.3) is 0 Å². The van der Waals surface area contributed by atoms with Crippen molar-refractivity contribution in [1.82, 2.24) is 4.98 Å². The van der Waals surface area contributed by atoms with Crippen LogP contribution in [0.25, 0.3) is 11.3 Å². The zero-order valence-electron chi connectivity index (χ0n) is 10.7. The van der Waals surface area contributed by atoms with E-state index >= 15 is 0 Å². The highest BCUT2D eigenvalue weighted by atomic mass is 28.3. The molecule has 0 saturated heterocycles. The first-order valence-corrected chi connectivity index (χ1v) is 9.11. The van der Waals surface area contributed by atoms with Crippen molar-refractivity contribution < 1.29 is 9.15 Å². The molecule has 0 amide bonds. The largest absolute Gasteiger partial charge is 0.497 e. The van der Waals surface area contributed by atoms with Gasteiger partial charge >= 0.3 is 0 Å². The molecule has 17 heavy (non-hydrogen) atoms. The van der Waals surface area contributed by atoms with Crippen LogP contribution in [-0.2, 0) is 0 Å². The standard InChI is InChI=1S/C13H17NO2Si/c1-15-11-7-5-10(6-8-11)12-9-14-13(16-12)17(2,3)4/h5-9H,1-4H3. The minimum absolute atomic E-state index is 0.824. The maximum absolute atomic E-state index is 5.82. The fourth-order valence-electron chi connectivity index (χ4n) is 1.51. The summed E-state index contributed by atoms with van der Waals surface area (Å²) in [7, 11) is 0.194. The van der Waals surface area contributed by atoms with Crippen LogP contribution in [0.5, 0.6) is 5.75 Å². The molecular formula is C13H17NO2Si. The van der Waals surface area contributed by atoms with E-state index in [0.29, 0.717) is 0 Å². The van der Waals surface area contributed by atoms with Gasteiger partial charge in [-0.3, -0.25) is 0 Å². The number of aromatic nitrogens is 1. The van der Waals surface area contributed by atoms with Crippen LogP contribution < -0.4 is 10.3 Å². The van der Waals surface area contributed by atoms with Gasteiger partial charge in [0.15, 0.2) is 11.3 Å². The Hall–Kier alpha value is -1.55.